The summed E-state index contributed by atoms with van der Waals surface area (Å²) in [6, 6.07) is -0.348. The van der Waals surface area contributed by atoms with Crippen LogP contribution in [0.2, 0.25) is 0 Å². The van der Waals surface area contributed by atoms with Crippen molar-refractivity contribution >= 4 is 11.9 Å². The molecule has 4 heteroatoms. The van der Waals surface area contributed by atoms with Gasteiger partial charge in [0.05, 0.1) is 0 Å². The molecular weight excluding hydrogens is 254 g/mol. The van der Waals surface area contributed by atoms with E-state index in [1.807, 2.05) is 20.8 Å². The molecule has 1 heterocycles. The van der Waals surface area contributed by atoms with E-state index in [4.69, 9.17) is 4.74 Å². The van der Waals surface area contributed by atoms with Crippen LogP contribution in [0.1, 0.15) is 52.9 Å². The van der Waals surface area contributed by atoms with Gasteiger partial charge in [-0.05, 0) is 64.7 Å². The van der Waals surface area contributed by atoms with Crippen molar-refractivity contribution in [2.45, 2.75) is 64.5 Å². The van der Waals surface area contributed by atoms with Gasteiger partial charge in [0, 0.05) is 12.5 Å². The lowest BCUT2D eigenvalue weighted by atomic mass is 10.0. The number of likely N-dealkylation sites (tertiary alicyclic amines) is 1. The molecule has 112 valence electrons. The Morgan fingerprint density at radius 3 is 2.35 bits per heavy atom. The second kappa shape index (κ2) is 4.74. The number of carbonyl (C=O) groups excluding carboxylic acids is 2. The first-order valence-corrected chi connectivity index (χ1v) is 7.88. The fourth-order valence-electron chi connectivity index (χ4n) is 3.80. The quantitative estimate of drug-likeness (QED) is 0.729. The SMILES string of the molecule is CC(C)(C)OC(=O)[C@@H]1CCCN1C(=O)C1CC2CC2C1. The normalized spacial score (nSPS) is 35.9. The molecule has 20 heavy (non-hydrogen) atoms. The third kappa shape index (κ3) is 2.70. The Kier molecular flexibility index (Phi) is 3.30. The van der Waals surface area contributed by atoms with Crippen LogP contribution in [0.15, 0.2) is 0 Å². The van der Waals surface area contributed by atoms with Gasteiger partial charge in [-0.3, -0.25) is 4.79 Å². The van der Waals surface area contributed by atoms with E-state index in [0.29, 0.717) is 6.54 Å². The highest BCUT2D eigenvalue weighted by Crippen LogP contribution is 2.54. The molecule has 2 aliphatic carbocycles. The van der Waals surface area contributed by atoms with E-state index >= 15 is 0 Å². The molecule has 0 aromatic carbocycles. The van der Waals surface area contributed by atoms with E-state index in [2.05, 4.69) is 0 Å². The number of rotatable bonds is 2. The smallest absolute Gasteiger partial charge is 0.329 e. The minimum atomic E-state index is -0.483. The Morgan fingerprint density at radius 2 is 1.75 bits per heavy atom. The Hall–Kier alpha value is -1.06. The van der Waals surface area contributed by atoms with Crippen LogP contribution in [-0.2, 0) is 14.3 Å². The standard InChI is InChI=1S/C16H25NO3/c1-16(2,3)20-15(19)13-5-4-6-17(13)14(18)12-8-10-7-11(10)9-12/h10-13H,4-9H2,1-3H3/t10?,11?,12?,13-/m0/s1. The molecule has 0 N–H and O–H groups in total. The summed E-state index contributed by atoms with van der Waals surface area (Å²) in [5, 5.41) is 0. The minimum Gasteiger partial charge on any atom is -0.458 e. The molecule has 0 aromatic rings. The maximum Gasteiger partial charge on any atom is 0.329 e. The highest BCUT2D eigenvalue weighted by molar-refractivity contribution is 5.87. The van der Waals surface area contributed by atoms with E-state index in [0.717, 1.165) is 37.5 Å². The minimum absolute atomic E-state index is 0.168. The fourth-order valence-corrected chi connectivity index (χ4v) is 3.80. The zero-order valence-electron chi connectivity index (χ0n) is 12.7. The third-order valence-electron chi connectivity index (χ3n) is 4.81. The average Bonchev–Trinajstić information content (AvgIpc) is 2.81. The molecule has 1 amide bonds. The first-order valence-electron chi connectivity index (χ1n) is 7.88. The van der Waals surface area contributed by atoms with Gasteiger partial charge in [-0.1, -0.05) is 0 Å². The number of fused-ring (bicyclic) bond motifs is 1. The van der Waals surface area contributed by atoms with E-state index in [9.17, 15) is 9.59 Å². The van der Waals surface area contributed by atoms with Gasteiger partial charge in [0.2, 0.25) is 5.91 Å². The second-order valence-corrected chi connectivity index (χ2v) is 7.65. The van der Waals surface area contributed by atoms with Gasteiger partial charge < -0.3 is 9.64 Å². The molecule has 0 radical (unpaired) electrons. The lowest BCUT2D eigenvalue weighted by Gasteiger charge is -2.29. The van der Waals surface area contributed by atoms with Crippen LogP contribution in [0.25, 0.3) is 0 Å². The molecule has 3 fully saturated rings. The Bertz CT molecular complexity index is 416. The van der Waals surface area contributed by atoms with Crippen LogP contribution >= 0.6 is 0 Å². The van der Waals surface area contributed by atoms with Crippen molar-refractivity contribution in [2.24, 2.45) is 17.8 Å². The van der Waals surface area contributed by atoms with Crippen LogP contribution in [-0.4, -0.2) is 35.0 Å². The molecule has 3 rings (SSSR count). The summed E-state index contributed by atoms with van der Waals surface area (Å²) < 4.78 is 5.46. The summed E-state index contributed by atoms with van der Waals surface area (Å²) in [7, 11) is 0. The van der Waals surface area contributed by atoms with Crippen LogP contribution in [0.5, 0.6) is 0 Å². The monoisotopic (exact) mass is 279 g/mol. The van der Waals surface area contributed by atoms with Crippen molar-refractivity contribution in [2.75, 3.05) is 6.54 Å². The van der Waals surface area contributed by atoms with Crippen molar-refractivity contribution in [3.8, 4) is 0 Å². The summed E-state index contributed by atoms with van der Waals surface area (Å²) in [6.07, 6.45) is 5.07. The molecule has 3 atom stereocenters. The van der Waals surface area contributed by atoms with E-state index in [1.54, 1.807) is 4.90 Å². The Morgan fingerprint density at radius 1 is 1.10 bits per heavy atom. The van der Waals surface area contributed by atoms with Gasteiger partial charge in [-0.2, -0.15) is 0 Å². The molecule has 0 bridgehead atoms. The molecule has 1 saturated heterocycles. The van der Waals surface area contributed by atoms with Gasteiger partial charge in [0.25, 0.3) is 0 Å². The van der Waals surface area contributed by atoms with E-state index in [-0.39, 0.29) is 23.8 Å². The topological polar surface area (TPSA) is 46.6 Å². The van der Waals surface area contributed by atoms with Crippen molar-refractivity contribution in [1.82, 2.24) is 4.90 Å². The number of nitrogens with zero attached hydrogens (tertiary/aromatic N) is 1. The summed E-state index contributed by atoms with van der Waals surface area (Å²) in [4.78, 5) is 26.7. The van der Waals surface area contributed by atoms with E-state index in [1.165, 1.54) is 6.42 Å². The fraction of sp³-hybridized carbons (Fsp3) is 0.875. The third-order valence-corrected chi connectivity index (χ3v) is 4.81. The Balaban J connectivity index is 1.62. The van der Waals surface area contributed by atoms with Crippen LogP contribution < -0.4 is 0 Å². The number of hydrogen-bond acceptors (Lipinski definition) is 3. The summed E-state index contributed by atoms with van der Waals surface area (Å²) >= 11 is 0. The highest BCUT2D eigenvalue weighted by atomic mass is 16.6. The van der Waals surface area contributed by atoms with Gasteiger partial charge >= 0.3 is 5.97 Å². The van der Waals surface area contributed by atoms with Gasteiger partial charge in [0.1, 0.15) is 11.6 Å². The lowest BCUT2D eigenvalue weighted by molar-refractivity contribution is -0.164. The first-order chi connectivity index (χ1) is 9.35. The molecule has 4 nitrogen and oxygen atoms in total. The Labute approximate surface area is 120 Å². The number of carbonyl (C=O) groups is 2. The largest absolute Gasteiger partial charge is 0.458 e. The van der Waals surface area contributed by atoms with Gasteiger partial charge in [0.15, 0.2) is 0 Å². The van der Waals surface area contributed by atoms with Crippen LogP contribution in [0, 0.1) is 17.8 Å². The van der Waals surface area contributed by atoms with Crippen molar-refractivity contribution in [3.63, 3.8) is 0 Å². The van der Waals surface area contributed by atoms with Gasteiger partial charge in [-0.15, -0.1) is 0 Å². The van der Waals surface area contributed by atoms with Gasteiger partial charge in [-0.25, -0.2) is 4.79 Å². The summed E-state index contributed by atoms with van der Waals surface area (Å²) in [6.45, 7) is 6.33. The van der Waals surface area contributed by atoms with Crippen molar-refractivity contribution < 1.29 is 14.3 Å². The first kappa shape index (κ1) is 13.9. The molecule has 2 saturated carbocycles. The lowest BCUT2D eigenvalue weighted by Crippen LogP contribution is -2.45. The van der Waals surface area contributed by atoms with Crippen LogP contribution in [0.3, 0.4) is 0 Å². The molecule has 1 aliphatic heterocycles. The summed E-state index contributed by atoms with van der Waals surface area (Å²) in [5.74, 6) is 1.73. The van der Waals surface area contributed by atoms with Crippen molar-refractivity contribution in [3.05, 3.63) is 0 Å². The van der Waals surface area contributed by atoms with Crippen LogP contribution in [0.4, 0.5) is 0 Å². The number of hydrogen-bond donors (Lipinski definition) is 0. The molecular formula is C16H25NO3. The van der Waals surface area contributed by atoms with E-state index < -0.39 is 5.60 Å². The predicted octanol–water partition coefficient (Wildman–Crippen LogP) is 2.37. The number of esters is 1. The molecule has 2 unspecified atom stereocenters. The van der Waals surface area contributed by atoms with Crippen molar-refractivity contribution in [1.29, 1.82) is 0 Å². The molecule has 0 aromatic heterocycles. The summed E-state index contributed by atoms with van der Waals surface area (Å²) in [5.41, 5.74) is -0.483. The maximum atomic E-state index is 12.6. The highest BCUT2D eigenvalue weighted by Gasteiger charge is 2.50. The second-order valence-electron chi connectivity index (χ2n) is 7.65. The molecule has 3 aliphatic rings. The molecule has 0 spiro atoms. The maximum absolute atomic E-state index is 12.6. The zero-order chi connectivity index (χ0) is 14.5. The number of amides is 1. The predicted molar refractivity (Wildman–Crippen MR) is 74.9 cm³/mol. The zero-order valence-corrected chi connectivity index (χ0v) is 12.7. The average molecular weight is 279 g/mol. The number of ether oxygens (including phenoxy) is 1.